The van der Waals surface area contributed by atoms with Crippen molar-refractivity contribution in [3.05, 3.63) is 18.0 Å². The molecule has 1 aromatic rings. The molecule has 0 spiro atoms. The summed E-state index contributed by atoms with van der Waals surface area (Å²) in [6, 6.07) is 2.01. The lowest BCUT2D eigenvalue weighted by Gasteiger charge is -1.93. The van der Waals surface area contributed by atoms with E-state index in [0.29, 0.717) is 10.9 Å². The van der Waals surface area contributed by atoms with Crippen LogP contribution in [0.1, 0.15) is 5.56 Å². The van der Waals surface area contributed by atoms with Crippen LogP contribution in [0.25, 0.3) is 0 Å². The van der Waals surface area contributed by atoms with Crippen LogP contribution in [0.4, 0.5) is 0 Å². The summed E-state index contributed by atoms with van der Waals surface area (Å²) in [6.07, 6.45) is 3.49. The summed E-state index contributed by atoms with van der Waals surface area (Å²) < 4.78 is 0. The molecule has 0 aliphatic heterocycles. The third kappa shape index (κ3) is 2.56. The highest BCUT2D eigenvalue weighted by molar-refractivity contribution is 7.99. The van der Waals surface area contributed by atoms with Gasteiger partial charge in [-0.15, -0.1) is 0 Å². The minimum absolute atomic E-state index is 0.406. The smallest absolute Gasteiger partial charge is 0.188 e. The molecule has 0 saturated carbocycles. The first-order chi connectivity index (χ1) is 5.33. The summed E-state index contributed by atoms with van der Waals surface area (Å²) >= 11 is 1.35. The molecule has 0 atom stereocenters. The Balaban J connectivity index is 2.60. The average Bonchev–Trinajstić information content (AvgIpc) is 2.04. The van der Waals surface area contributed by atoms with E-state index in [2.05, 4.69) is 9.97 Å². The molecular formula is C7H7N3S. The second-order valence-electron chi connectivity index (χ2n) is 1.99. The van der Waals surface area contributed by atoms with Gasteiger partial charge in [-0.1, -0.05) is 11.8 Å². The number of hydrogen-bond acceptors (Lipinski definition) is 4. The van der Waals surface area contributed by atoms with E-state index in [-0.39, 0.29) is 0 Å². The van der Waals surface area contributed by atoms with Gasteiger partial charge in [-0.3, -0.25) is 0 Å². The van der Waals surface area contributed by atoms with Crippen molar-refractivity contribution in [2.45, 2.75) is 12.1 Å². The number of rotatable bonds is 2. The molecule has 11 heavy (non-hydrogen) atoms. The SMILES string of the molecule is Cc1cnc(SCC#N)nc1. The number of aromatic nitrogens is 2. The van der Waals surface area contributed by atoms with E-state index < -0.39 is 0 Å². The molecule has 1 heterocycles. The molecule has 1 aromatic heterocycles. The molecule has 56 valence electrons. The molecule has 0 bridgehead atoms. The van der Waals surface area contributed by atoms with Gasteiger partial charge in [0.25, 0.3) is 0 Å². The topological polar surface area (TPSA) is 49.6 Å². The van der Waals surface area contributed by atoms with Crippen molar-refractivity contribution in [3.63, 3.8) is 0 Å². The summed E-state index contributed by atoms with van der Waals surface area (Å²) in [5, 5.41) is 8.92. The fourth-order valence-electron chi connectivity index (χ4n) is 0.552. The standard InChI is InChI=1S/C7H7N3S/c1-6-4-9-7(10-5-6)11-3-2-8/h4-5H,3H2,1H3. The highest BCUT2D eigenvalue weighted by Gasteiger charge is 1.93. The highest BCUT2D eigenvalue weighted by atomic mass is 32.2. The zero-order chi connectivity index (χ0) is 8.10. The van der Waals surface area contributed by atoms with Gasteiger partial charge in [-0.2, -0.15) is 5.26 Å². The Bertz CT molecular complexity index is 262. The zero-order valence-electron chi connectivity index (χ0n) is 6.11. The van der Waals surface area contributed by atoms with Gasteiger partial charge in [-0.05, 0) is 12.5 Å². The monoisotopic (exact) mass is 165 g/mol. The van der Waals surface area contributed by atoms with Crippen LogP contribution in [-0.4, -0.2) is 15.7 Å². The van der Waals surface area contributed by atoms with Crippen molar-refractivity contribution in [1.29, 1.82) is 5.26 Å². The number of thioether (sulfide) groups is 1. The number of aryl methyl sites for hydroxylation is 1. The lowest BCUT2D eigenvalue weighted by Crippen LogP contribution is -1.86. The number of nitriles is 1. The molecule has 3 nitrogen and oxygen atoms in total. The van der Waals surface area contributed by atoms with Crippen LogP contribution in [0.3, 0.4) is 0 Å². The second-order valence-corrected chi connectivity index (χ2v) is 2.93. The highest BCUT2D eigenvalue weighted by Crippen LogP contribution is 2.09. The fourth-order valence-corrected chi connectivity index (χ4v) is 1.00. The van der Waals surface area contributed by atoms with Crippen LogP contribution in [-0.2, 0) is 0 Å². The van der Waals surface area contributed by atoms with Crippen molar-refractivity contribution in [2.24, 2.45) is 0 Å². The first-order valence-corrected chi connectivity index (χ1v) is 4.10. The predicted molar refractivity (Wildman–Crippen MR) is 43.1 cm³/mol. The van der Waals surface area contributed by atoms with E-state index in [4.69, 9.17) is 5.26 Å². The molecule has 4 heteroatoms. The Kier molecular flexibility index (Phi) is 2.87. The molecule has 0 amide bonds. The third-order valence-corrected chi connectivity index (χ3v) is 1.77. The van der Waals surface area contributed by atoms with Gasteiger partial charge < -0.3 is 0 Å². The van der Waals surface area contributed by atoms with Crippen molar-refractivity contribution < 1.29 is 0 Å². The lowest BCUT2D eigenvalue weighted by atomic mass is 10.4. The maximum atomic E-state index is 8.26. The summed E-state index contributed by atoms with van der Waals surface area (Å²) in [5.41, 5.74) is 1.03. The summed E-state index contributed by atoms with van der Waals surface area (Å²) in [7, 11) is 0. The normalized spacial score (nSPS) is 9.09. The van der Waals surface area contributed by atoms with Gasteiger partial charge in [0, 0.05) is 12.4 Å². The first-order valence-electron chi connectivity index (χ1n) is 3.11. The minimum Gasteiger partial charge on any atom is -0.231 e. The second kappa shape index (κ2) is 3.94. The van der Waals surface area contributed by atoms with Gasteiger partial charge in [0.15, 0.2) is 5.16 Å². The molecule has 0 aromatic carbocycles. The molecule has 1 rings (SSSR count). The fraction of sp³-hybridized carbons (Fsp3) is 0.286. The Morgan fingerprint density at radius 3 is 2.73 bits per heavy atom. The maximum absolute atomic E-state index is 8.26. The molecule has 0 aliphatic rings. The van der Waals surface area contributed by atoms with Crippen molar-refractivity contribution in [2.75, 3.05) is 5.75 Å². The number of hydrogen-bond donors (Lipinski definition) is 0. The van der Waals surface area contributed by atoms with Gasteiger partial charge in [0.05, 0.1) is 11.8 Å². The van der Waals surface area contributed by atoms with Gasteiger partial charge >= 0.3 is 0 Å². The zero-order valence-corrected chi connectivity index (χ0v) is 6.93. The average molecular weight is 165 g/mol. The van der Waals surface area contributed by atoms with E-state index in [1.54, 1.807) is 12.4 Å². The molecular weight excluding hydrogens is 158 g/mol. The van der Waals surface area contributed by atoms with Crippen LogP contribution >= 0.6 is 11.8 Å². The van der Waals surface area contributed by atoms with E-state index in [9.17, 15) is 0 Å². The van der Waals surface area contributed by atoms with Gasteiger partial charge in [0.2, 0.25) is 0 Å². The maximum Gasteiger partial charge on any atom is 0.188 e. The van der Waals surface area contributed by atoms with Crippen molar-refractivity contribution in [1.82, 2.24) is 9.97 Å². The van der Waals surface area contributed by atoms with Crippen molar-refractivity contribution in [3.8, 4) is 6.07 Å². The molecule has 0 fully saturated rings. The van der Waals surface area contributed by atoms with Gasteiger partial charge in [-0.25, -0.2) is 9.97 Å². The lowest BCUT2D eigenvalue weighted by molar-refractivity contribution is 0.952. The summed E-state index contributed by atoms with van der Waals surface area (Å²) in [4.78, 5) is 8.03. The molecule has 0 unspecified atom stereocenters. The first kappa shape index (κ1) is 8.02. The Labute approximate surface area is 69.5 Å². The van der Waals surface area contributed by atoms with Crippen LogP contribution in [0.15, 0.2) is 17.6 Å². The van der Waals surface area contributed by atoms with Crippen LogP contribution in [0.2, 0.25) is 0 Å². The van der Waals surface area contributed by atoms with E-state index >= 15 is 0 Å². The number of nitrogens with zero attached hydrogens (tertiary/aromatic N) is 3. The third-order valence-electron chi connectivity index (χ3n) is 1.02. The van der Waals surface area contributed by atoms with Gasteiger partial charge in [0.1, 0.15) is 0 Å². The summed E-state index contributed by atoms with van der Waals surface area (Å²) in [6.45, 7) is 1.93. The molecule has 0 N–H and O–H groups in total. The van der Waals surface area contributed by atoms with Crippen LogP contribution in [0, 0.1) is 18.3 Å². The molecule has 0 saturated heterocycles. The molecule has 0 radical (unpaired) electrons. The van der Waals surface area contributed by atoms with Crippen LogP contribution in [0.5, 0.6) is 0 Å². The Morgan fingerprint density at radius 1 is 1.55 bits per heavy atom. The summed E-state index contributed by atoms with van der Waals surface area (Å²) in [5.74, 6) is 0.406. The van der Waals surface area contributed by atoms with Crippen molar-refractivity contribution >= 4 is 11.8 Å². The molecule has 0 aliphatic carbocycles. The van der Waals surface area contributed by atoms with Crippen LogP contribution < -0.4 is 0 Å². The predicted octanol–water partition coefficient (Wildman–Crippen LogP) is 1.40. The quantitative estimate of drug-likeness (QED) is 0.491. The largest absolute Gasteiger partial charge is 0.231 e. The van der Waals surface area contributed by atoms with E-state index in [1.165, 1.54) is 11.8 Å². The Morgan fingerprint density at radius 2 is 2.18 bits per heavy atom. The van der Waals surface area contributed by atoms with E-state index in [1.807, 2.05) is 13.0 Å². The Hall–Kier alpha value is -1.08. The minimum atomic E-state index is 0.406. The van der Waals surface area contributed by atoms with E-state index in [0.717, 1.165) is 5.56 Å².